The van der Waals surface area contributed by atoms with Gasteiger partial charge >= 0.3 is 6.03 Å². The number of alkyl halides is 3. The summed E-state index contributed by atoms with van der Waals surface area (Å²) in [6.07, 6.45) is -1.88. The number of pyridine rings is 1. The molecule has 5 nitrogen and oxygen atoms in total. The Balaban J connectivity index is 2.13. The third kappa shape index (κ3) is 5.76. The first-order valence-electron chi connectivity index (χ1n) is 9.94. The van der Waals surface area contributed by atoms with Gasteiger partial charge in [0.2, 0.25) is 5.91 Å². The lowest BCUT2D eigenvalue weighted by Crippen LogP contribution is -2.43. The first-order valence-corrected chi connectivity index (χ1v) is 9.94. The molecule has 1 atom stereocenters. The molecule has 1 aromatic heterocycles. The Morgan fingerprint density at radius 2 is 1.69 bits per heavy atom. The van der Waals surface area contributed by atoms with Crippen LogP contribution in [-0.4, -0.2) is 29.9 Å². The molecule has 3 aromatic rings. The lowest BCUT2D eigenvalue weighted by atomic mass is 9.88. The van der Waals surface area contributed by atoms with Gasteiger partial charge in [-0.2, -0.15) is 0 Å². The number of carbonyl (C=O) groups is 2. The average Bonchev–Trinajstić information content (AvgIpc) is 2.81. The Hall–Kier alpha value is -3.96. The molecule has 0 bridgehead atoms. The lowest BCUT2D eigenvalue weighted by molar-refractivity contribution is -0.120. The lowest BCUT2D eigenvalue weighted by Gasteiger charge is -2.21. The van der Waals surface area contributed by atoms with Crippen molar-refractivity contribution in [1.82, 2.24) is 15.6 Å². The van der Waals surface area contributed by atoms with E-state index in [1.54, 1.807) is 10.6 Å². The van der Waals surface area contributed by atoms with Gasteiger partial charge in [-0.1, -0.05) is 12.1 Å². The molecule has 0 aliphatic heterocycles. The quantitative estimate of drug-likeness (QED) is 0.355. The highest BCUT2D eigenvalue weighted by molar-refractivity contribution is 5.99. The maximum absolute atomic E-state index is 14.5. The molecule has 0 fully saturated rings. The fourth-order valence-corrected chi connectivity index (χ4v) is 3.40. The molecule has 0 radical (unpaired) electrons. The molecule has 0 saturated heterocycles. The van der Waals surface area contributed by atoms with E-state index in [1.165, 1.54) is 12.1 Å². The second-order valence-corrected chi connectivity index (χ2v) is 7.16. The van der Waals surface area contributed by atoms with Gasteiger partial charge in [0.05, 0.1) is 12.2 Å². The van der Waals surface area contributed by atoms with Gasteiger partial charge in [-0.05, 0) is 41.5 Å². The first-order chi connectivity index (χ1) is 16.6. The van der Waals surface area contributed by atoms with Crippen molar-refractivity contribution in [3.8, 4) is 11.1 Å². The molecule has 0 aliphatic rings. The molecule has 3 rings (SSSR count). The maximum Gasteiger partial charge on any atom is 0.321 e. The Kier molecular flexibility index (Phi) is 8.05. The summed E-state index contributed by atoms with van der Waals surface area (Å²) < 4.78 is 94.5. The SMILES string of the molecule is O=C(NCC(F)F)NC(=O)C(c1cccc(F)c1)c1nccc(-c2ccc(F)c(F)c2F)c1CF. The predicted octanol–water partition coefficient (Wildman–Crippen LogP) is 5.00. The van der Waals surface area contributed by atoms with E-state index in [1.807, 2.05) is 0 Å². The van der Waals surface area contributed by atoms with Gasteiger partial charge < -0.3 is 5.32 Å². The molecule has 2 aromatic carbocycles. The number of halogens is 7. The van der Waals surface area contributed by atoms with Crippen LogP contribution in [0.15, 0.2) is 48.7 Å². The van der Waals surface area contributed by atoms with Gasteiger partial charge in [0.15, 0.2) is 17.5 Å². The summed E-state index contributed by atoms with van der Waals surface area (Å²) in [5, 5.41) is 3.55. The van der Waals surface area contributed by atoms with Gasteiger partial charge in [0, 0.05) is 17.3 Å². The zero-order valence-corrected chi connectivity index (χ0v) is 17.6. The molecular weight excluding hydrogens is 483 g/mol. The van der Waals surface area contributed by atoms with Gasteiger partial charge in [-0.15, -0.1) is 0 Å². The van der Waals surface area contributed by atoms with Crippen LogP contribution in [0.4, 0.5) is 35.5 Å². The van der Waals surface area contributed by atoms with E-state index in [0.29, 0.717) is 6.07 Å². The molecule has 0 saturated carbocycles. The van der Waals surface area contributed by atoms with Crippen LogP contribution >= 0.6 is 0 Å². The summed E-state index contributed by atoms with van der Waals surface area (Å²) in [4.78, 5) is 28.8. The normalized spacial score (nSPS) is 11.9. The third-order valence-electron chi connectivity index (χ3n) is 4.92. The van der Waals surface area contributed by atoms with Crippen LogP contribution in [0.2, 0.25) is 0 Å². The second kappa shape index (κ2) is 11.0. The number of imide groups is 1. The molecule has 0 aliphatic carbocycles. The Morgan fingerprint density at radius 1 is 0.943 bits per heavy atom. The van der Waals surface area contributed by atoms with Crippen LogP contribution in [0, 0.1) is 23.3 Å². The van der Waals surface area contributed by atoms with Crippen LogP contribution in [0.5, 0.6) is 0 Å². The Morgan fingerprint density at radius 3 is 2.34 bits per heavy atom. The molecule has 1 heterocycles. The van der Waals surface area contributed by atoms with Crippen molar-refractivity contribution < 1.29 is 40.3 Å². The highest BCUT2D eigenvalue weighted by atomic mass is 19.3. The van der Waals surface area contributed by atoms with E-state index < -0.39 is 71.9 Å². The van der Waals surface area contributed by atoms with E-state index in [9.17, 15) is 40.3 Å². The number of hydrogen-bond acceptors (Lipinski definition) is 3. The number of carbonyl (C=O) groups excluding carboxylic acids is 2. The number of aromatic nitrogens is 1. The van der Waals surface area contributed by atoms with Gasteiger partial charge in [0.25, 0.3) is 6.43 Å². The zero-order valence-electron chi connectivity index (χ0n) is 17.6. The largest absolute Gasteiger partial charge is 0.332 e. The van der Waals surface area contributed by atoms with E-state index in [0.717, 1.165) is 30.5 Å². The minimum atomic E-state index is -2.91. The molecule has 184 valence electrons. The number of hydrogen-bond donors (Lipinski definition) is 2. The third-order valence-corrected chi connectivity index (χ3v) is 4.92. The average molecular weight is 499 g/mol. The summed E-state index contributed by atoms with van der Waals surface area (Å²) >= 11 is 0. The van der Waals surface area contributed by atoms with Crippen molar-refractivity contribution in [1.29, 1.82) is 0 Å². The van der Waals surface area contributed by atoms with Gasteiger partial charge in [-0.25, -0.2) is 35.5 Å². The summed E-state index contributed by atoms with van der Waals surface area (Å²) in [5.41, 5.74) is -1.72. The van der Waals surface area contributed by atoms with Crippen LogP contribution < -0.4 is 10.6 Å². The first kappa shape index (κ1) is 25.7. The molecule has 3 amide bonds. The van der Waals surface area contributed by atoms with Gasteiger partial charge in [-0.3, -0.25) is 15.1 Å². The molecule has 35 heavy (non-hydrogen) atoms. The molecule has 1 unspecified atom stereocenters. The van der Waals surface area contributed by atoms with Crippen LogP contribution in [0.25, 0.3) is 11.1 Å². The fraction of sp³-hybridized carbons (Fsp3) is 0.174. The summed E-state index contributed by atoms with van der Waals surface area (Å²) in [7, 11) is 0. The maximum atomic E-state index is 14.5. The molecular formula is C23H16F7N3O2. The van der Waals surface area contributed by atoms with Gasteiger partial charge in [0.1, 0.15) is 18.4 Å². The molecule has 2 N–H and O–H groups in total. The smallest absolute Gasteiger partial charge is 0.321 e. The van der Waals surface area contributed by atoms with Crippen LogP contribution in [0.3, 0.4) is 0 Å². The minimum absolute atomic E-state index is 0.103. The number of nitrogens with one attached hydrogen (secondary N) is 2. The van der Waals surface area contributed by atoms with E-state index in [2.05, 4.69) is 4.98 Å². The molecule has 12 heteroatoms. The van der Waals surface area contributed by atoms with E-state index >= 15 is 0 Å². The molecule has 0 spiro atoms. The summed E-state index contributed by atoms with van der Waals surface area (Å²) in [6.45, 7) is -2.43. The van der Waals surface area contributed by atoms with E-state index in [4.69, 9.17) is 0 Å². The standard InChI is InChI=1S/C23H16F7N3O2/c24-9-15-13(14-4-5-16(26)20(30)19(14)29)6-7-31-21(15)18(11-2-1-3-12(25)8-11)22(34)33-23(35)32-10-17(27)28/h1-8,17-18H,9-10H2,(H2,32,33,34,35). The summed E-state index contributed by atoms with van der Waals surface area (Å²) in [5.74, 6) is -8.55. The second-order valence-electron chi connectivity index (χ2n) is 7.16. The zero-order chi connectivity index (χ0) is 25.7. The van der Waals surface area contributed by atoms with E-state index in [-0.39, 0.29) is 16.8 Å². The fourth-order valence-electron chi connectivity index (χ4n) is 3.40. The number of rotatable bonds is 7. The summed E-state index contributed by atoms with van der Waals surface area (Å²) in [6, 6.07) is 5.71. The monoisotopic (exact) mass is 499 g/mol. The number of benzene rings is 2. The highest BCUT2D eigenvalue weighted by Crippen LogP contribution is 2.35. The Bertz CT molecular complexity index is 1250. The van der Waals surface area contributed by atoms with Crippen molar-refractivity contribution >= 4 is 11.9 Å². The highest BCUT2D eigenvalue weighted by Gasteiger charge is 2.30. The predicted molar refractivity (Wildman–Crippen MR) is 110 cm³/mol. The van der Waals surface area contributed by atoms with Crippen molar-refractivity contribution in [3.05, 3.63) is 88.8 Å². The van der Waals surface area contributed by atoms with Crippen molar-refractivity contribution in [2.24, 2.45) is 0 Å². The topological polar surface area (TPSA) is 71.1 Å². The minimum Gasteiger partial charge on any atom is -0.332 e. The number of amides is 3. The van der Waals surface area contributed by atoms with Crippen molar-refractivity contribution in [2.45, 2.75) is 19.0 Å². The number of urea groups is 1. The van der Waals surface area contributed by atoms with Crippen LogP contribution in [-0.2, 0) is 11.5 Å². The van der Waals surface area contributed by atoms with Crippen molar-refractivity contribution in [3.63, 3.8) is 0 Å². The van der Waals surface area contributed by atoms with Crippen molar-refractivity contribution in [2.75, 3.05) is 6.54 Å². The Labute approximate surface area is 194 Å². The van der Waals surface area contributed by atoms with Crippen LogP contribution in [0.1, 0.15) is 22.7 Å². The number of nitrogens with zero attached hydrogens (tertiary/aromatic N) is 1.